The van der Waals surface area contributed by atoms with Crippen molar-refractivity contribution >= 4 is 68.6 Å². The number of carboxylic acids is 2. The maximum atomic E-state index is 11.6. The van der Waals surface area contributed by atoms with Gasteiger partial charge in [0.15, 0.2) is 0 Å². The van der Waals surface area contributed by atoms with E-state index in [1.165, 1.54) is 0 Å². The number of aliphatic carboxylic acids is 2. The normalized spacial score (nSPS) is 11.3. The van der Waals surface area contributed by atoms with Crippen LogP contribution in [0.15, 0.2) is 97.1 Å². The number of aliphatic hydroxyl groups is 2. The molecule has 0 radical (unpaired) electrons. The highest BCUT2D eigenvalue weighted by atomic mass is 32.1. The third-order valence-electron chi connectivity index (χ3n) is 8.37. The number of thiophene rings is 5. The van der Waals surface area contributed by atoms with Gasteiger partial charge >= 0.3 is 11.9 Å². The van der Waals surface area contributed by atoms with Gasteiger partial charge in [-0.2, -0.15) is 0 Å². The fraction of sp³-hybridized carbons (Fsp3) is 0.150. The molecule has 0 aliphatic heterocycles. The zero-order valence-corrected chi connectivity index (χ0v) is 31.2. The lowest BCUT2D eigenvalue weighted by atomic mass is 10.1. The van der Waals surface area contributed by atoms with Gasteiger partial charge in [-0.1, -0.05) is 36.4 Å². The quantitative estimate of drug-likeness (QED) is 0.0876. The van der Waals surface area contributed by atoms with Crippen LogP contribution < -0.4 is 0 Å². The molecule has 11 heteroatoms. The Morgan fingerprint density at radius 2 is 0.843 bits per heavy atom. The van der Waals surface area contributed by atoms with Gasteiger partial charge in [0.05, 0.1) is 13.2 Å². The second-order valence-corrected chi connectivity index (χ2v) is 17.3. The van der Waals surface area contributed by atoms with Crippen LogP contribution in [0.3, 0.4) is 0 Å². The molecule has 0 atom stereocenters. The van der Waals surface area contributed by atoms with Gasteiger partial charge in [0.1, 0.15) is 0 Å². The monoisotopic (exact) mass is 768 g/mol. The van der Waals surface area contributed by atoms with Gasteiger partial charge < -0.3 is 20.4 Å². The first-order valence-corrected chi connectivity index (χ1v) is 20.3. The van der Waals surface area contributed by atoms with Gasteiger partial charge in [-0.05, 0) is 107 Å². The Morgan fingerprint density at radius 3 is 1.25 bits per heavy atom. The van der Waals surface area contributed by atoms with Crippen molar-refractivity contribution in [2.75, 3.05) is 0 Å². The fourth-order valence-corrected chi connectivity index (χ4v) is 11.7. The summed E-state index contributed by atoms with van der Waals surface area (Å²) in [6, 6.07) is 32.6. The molecule has 7 aromatic rings. The Hall–Kier alpha value is -4.20. The van der Waals surface area contributed by atoms with E-state index in [4.69, 9.17) is 0 Å². The van der Waals surface area contributed by atoms with Crippen LogP contribution in [0.25, 0.3) is 59.9 Å². The number of hydrogen-bond donors (Lipinski definition) is 4. The van der Waals surface area contributed by atoms with E-state index in [2.05, 4.69) is 48.5 Å². The molecule has 2 aromatic carbocycles. The molecule has 0 unspecified atom stereocenters. The van der Waals surface area contributed by atoms with Gasteiger partial charge in [-0.3, -0.25) is 9.59 Å². The molecular formula is C40H32O6S5. The van der Waals surface area contributed by atoms with Crippen molar-refractivity contribution in [1.29, 1.82) is 0 Å². The van der Waals surface area contributed by atoms with Gasteiger partial charge in [0.2, 0.25) is 0 Å². The van der Waals surface area contributed by atoms with Crippen LogP contribution in [-0.2, 0) is 35.6 Å². The maximum absolute atomic E-state index is 11.6. The largest absolute Gasteiger partial charge is 0.481 e. The number of benzene rings is 2. The summed E-state index contributed by atoms with van der Waals surface area (Å²) in [5.74, 6) is -1.68. The predicted molar refractivity (Wildman–Crippen MR) is 212 cm³/mol. The van der Waals surface area contributed by atoms with E-state index < -0.39 is 11.9 Å². The van der Waals surface area contributed by atoms with Gasteiger partial charge in [0.25, 0.3) is 0 Å². The lowest BCUT2D eigenvalue weighted by molar-refractivity contribution is -0.138. The molecule has 0 spiro atoms. The first-order valence-electron chi connectivity index (χ1n) is 16.2. The van der Waals surface area contributed by atoms with Crippen LogP contribution in [0.4, 0.5) is 0 Å². The number of hydrogen-bond acceptors (Lipinski definition) is 9. The van der Waals surface area contributed by atoms with Crippen LogP contribution in [0.5, 0.6) is 0 Å². The Balaban J connectivity index is 1.22. The van der Waals surface area contributed by atoms with Gasteiger partial charge in [0, 0.05) is 61.6 Å². The van der Waals surface area contributed by atoms with Crippen LogP contribution in [0, 0.1) is 0 Å². The van der Waals surface area contributed by atoms with E-state index >= 15 is 0 Å². The summed E-state index contributed by atoms with van der Waals surface area (Å²) in [5, 5.41) is 38.3. The Kier molecular flexibility index (Phi) is 10.8. The number of carbonyl (C=O) groups is 2. The van der Waals surface area contributed by atoms with Crippen molar-refractivity contribution in [2.45, 2.75) is 38.9 Å². The molecule has 6 nitrogen and oxygen atoms in total. The van der Waals surface area contributed by atoms with E-state index in [0.29, 0.717) is 12.8 Å². The Labute approximate surface area is 314 Å². The van der Waals surface area contributed by atoms with Crippen molar-refractivity contribution in [2.24, 2.45) is 0 Å². The van der Waals surface area contributed by atoms with Crippen LogP contribution >= 0.6 is 56.7 Å². The summed E-state index contributed by atoms with van der Waals surface area (Å²) in [6.07, 6.45) is 0.901. The third-order valence-corrected chi connectivity index (χ3v) is 14.8. The molecule has 0 saturated heterocycles. The predicted octanol–water partition coefficient (Wildman–Crippen LogP) is 11.0. The standard InChI is InChI=1S/C40H32O6S5/c41-21-23-3-1-5-25(17-23)29-9-11-31(47-29)35-19-27(7-15-37(43)44)39(50-35)33-13-14-34(49-33)40-28(8-16-38(45)46)20-36(51-40)32-12-10-30(48-32)26-6-2-4-24(18-26)22-42/h1-6,9-14,17-20,41-42H,7-8,15-16,21-22H2,(H,43,44)(H,45,46). The minimum absolute atomic E-state index is 0.0139. The second-order valence-electron chi connectivity index (χ2n) is 11.9. The molecule has 7 rings (SSSR count). The van der Waals surface area contributed by atoms with E-state index in [0.717, 1.165) is 82.2 Å². The highest BCUT2D eigenvalue weighted by Gasteiger charge is 2.20. The molecule has 5 heterocycles. The van der Waals surface area contributed by atoms with Crippen molar-refractivity contribution < 1.29 is 30.0 Å². The van der Waals surface area contributed by atoms with Gasteiger partial charge in [-0.25, -0.2) is 0 Å². The molecule has 51 heavy (non-hydrogen) atoms. The first-order chi connectivity index (χ1) is 24.8. The average molecular weight is 769 g/mol. The molecular weight excluding hydrogens is 737 g/mol. The lowest BCUT2D eigenvalue weighted by Crippen LogP contribution is -1.97. The maximum Gasteiger partial charge on any atom is 0.303 e. The van der Waals surface area contributed by atoms with E-state index in [1.807, 2.05) is 48.5 Å². The minimum Gasteiger partial charge on any atom is -0.481 e. The highest BCUT2D eigenvalue weighted by molar-refractivity contribution is 7.30. The summed E-state index contributed by atoms with van der Waals surface area (Å²) in [5.41, 5.74) is 5.81. The number of rotatable bonds is 14. The van der Waals surface area contributed by atoms with E-state index in [9.17, 15) is 30.0 Å². The summed E-state index contributed by atoms with van der Waals surface area (Å²) in [6.45, 7) is -0.0278. The first kappa shape index (κ1) is 35.2. The molecule has 4 N–H and O–H groups in total. The molecule has 0 fully saturated rings. The van der Waals surface area contributed by atoms with E-state index in [1.54, 1.807) is 56.7 Å². The molecule has 0 bridgehead atoms. The number of aryl methyl sites for hydroxylation is 2. The summed E-state index contributed by atoms with van der Waals surface area (Å²) < 4.78 is 0. The molecule has 5 aromatic heterocycles. The lowest BCUT2D eigenvalue weighted by Gasteiger charge is -2.01. The van der Waals surface area contributed by atoms with Crippen LogP contribution in [0.2, 0.25) is 0 Å². The number of carboxylic acid groups (broad SMARTS) is 2. The Morgan fingerprint density at radius 1 is 0.451 bits per heavy atom. The molecule has 0 saturated carbocycles. The zero-order chi connectivity index (χ0) is 35.5. The minimum atomic E-state index is -0.838. The van der Waals surface area contributed by atoms with Crippen molar-refractivity contribution in [1.82, 2.24) is 0 Å². The molecule has 0 amide bonds. The fourth-order valence-electron chi connectivity index (χ4n) is 5.85. The topological polar surface area (TPSA) is 115 Å². The zero-order valence-electron chi connectivity index (χ0n) is 27.1. The van der Waals surface area contributed by atoms with Crippen LogP contribution in [-0.4, -0.2) is 32.4 Å². The van der Waals surface area contributed by atoms with Crippen molar-refractivity contribution in [3.63, 3.8) is 0 Å². The summed E-state index contributed by atoms with van der Waals surface area (Å²) >= 11 is 8.33. The van der Waals surface area contributed by atoms with Gasteiger partial charge in [-0.15, -0.1) is 56.7 Å². The summed E-state index contributed by atoms with van der Waals surface area (Å²) in [4.78, 5) is 34.0. The highest BCUT2D eigenvalue weighted by Crippen LogP contribution is 2.49. The average Bonchev–Trinajstić information content (AvgIpc) is 3.98. The molecule has 0 aliphatic carbocycles. The Bertz CT molecular complexity index is 2170. The molecule has 258 valence electrons. The van der Waals surface area contributed by atoms with Crippen molar-refractivity contribution in [3.8, 4) is 59.9 Å². The smallest absolute Gasteiger partial charge is 0.303 e. The van der Waals surface area contributed by atoms with Crippen LogP contribution in [0.1, 0.15) is 35.1 Å². The summed E-state index contributed by atoms with van der Waals surface area (Å²) in [7, 11) is 0. The second kappa shape index (κ2) is 15.6. The van der Waals surface area contributed by atoms with Crippen molar-refractivity contribution in [3.05, 3.63) is 119 Å². The SMILES string of the molecule is O=C(O)CCc1cc(-c2ccc(-c3cccc(CO)c3)s2)sc1-c1ccc(-c2sc(-c3ccc(-c4cccc(CO)c4)s3)cc2CCC(=O)O)s1. The van der Waals surface area contributed by atoms with E-state index in [-0.39, 0.29) is 26.1 Å². The molecule has 0 aliphatic rings. The third kappa shape index (κ3) is 8.00. The number of aliphatic hydroxyl groups excluding tert-OH is 2.